The molecule has 2 aliphatic rings. The molecule has 0 aromatic heterocycles. The van der Waals surface area contributed by atoms with Gasteiger partial charge in [0, 0.05) is 44.8 Å². The van der Waals surface area contributed by atoms with E-state index in [0.717, 1.165) is 68.2 Å². The van der Waals surface area contributed by atoms with Gasteiger partial charge in [-0.15, -0.1) is 0 Å². The van der Waals surface area contributed by atoms with Crippen molar-refractivity contribution in [1.82, 2.24) is 9.80 Å². The summed E-state index contributed by atoms with van der Waals surface area (Å²) < 4.78 is 6.31. The standard InChI is InChI=1S/C34H49N3O3/c1-6-37(7-2)33(38)22-27-11-8-12-32(21-27)40-31-17-14-28(15-18-31)34(39)35(5)30-16-13-29(26(4)20-30)24-36-19-9-10-25(3)23-36/h8,11-13,16,20-21,25,28,31H,6-7,9-10,14-15,17-19,22-24H2,1-5H3/t25-,28?,31?/m1/s1. The summed E-state index contributed by atoms with van der Waals surface area (Å²) in [4.78, 5) is 32.2. The van der Waals surface area contributed by atoms with Crippen LogP contribution in [0.4, 0.5) is 5.69 Å². The van der Waals surface area contributed by atoms with Gasteiger partial charge < -0.3 is 14.5 Å². The lowest BCUT2D eigenvalue weighted by Gasteiger charge is -2.32. The quantitative estimate of drug-likeness (QED) is 0.353. The van der Waals surface area contributed by atoms with E-state index in [1.807, 2.05) is 55.0 Å². The lowest BCUT2D eigenvalue weighted by atomic mass is 9.86. The molecule has 0 N–H and O–H groups in total. The van der Waals surface area contributed by atoms with Crippen LogP contribution in [0.2, 0.25) is 0 Å². The van der Waals surface area contributed by atoms with E-state index in [0.29, 0.717) is 6.42 Å². The Morgan fingerprint density at radius 2 is 1.75 bits per heavy atom. The van der Waals surface area contributed by atoms with E-state index in [2.05, 4.69) is 36.9 Å². The predicted molar refractivity (Wildman–Crippen MR) is 163 cm³/mol. The molecule has 0 bridgehead atoms. The molecule has 6 heteroatoms. The topological polar surface area (TPSA) is 53.1 Å². The van der Waals surface area contributed by atoms with Crippen LogP contribution in [0, 0.1) is 18.8 Å². The molecule has 2 aromatic rings. The minimum atomic E-state index is 0.0256. The Morgan fingerprint density at radius 1 is 1.00 bits per heavy atom. The normalized spacial score (nSPS) is 21.6. The molecule has 40 heavy (non-hydrogen) atoms. The molecule has 4 rings (SSSR count). The van der Waals surface area contributed by atoms with Gasteiger partial charge in [0.15, 0.2) is 0 Å². The first kappa shape index (κ1) is 30.1. The first-order chi connectivity index (χ1) is 19.3. The van der Waals surface area contributed by atoms with E-state index in [4.69, 9.17) is 4.74 Å². The highest BCUT2D eigenvalue weighted by Crippen LogP contribution is 2.31. The summed E-state index contributed by atoms with van der Waals surface area (Å²) >= 11 is 0. The van der Waals surface area contributed by atoms with Gasteiger partial charge in [0.25, 0.3) is 0 Å². The third kappa shape index (κ3) is 7.87. The summed E-state index contributed by atoms with van der Waals surface area (Å²) in [5, 5.41) is 0. The summed E-state index contributed by atoms with van der Waals surface area (Å²) in [5.41, 5.74) is 4.57. The molecule has 1 atom stereocenters. The van der Waals surface area contributed by atoms with Gasteiger partial charge in [0.1, 0.15) is 5.75 Å². The van der Waals surface area contributed by atoms with Crippen molar-refractivity contribution in [3.8, 4) is 5.75 Å². The fourth-order valence-electron chi connectivity index (χ4n) is 6.35. The van der Waals surface area contributed by atoms with Gasteiger partial charge >= 0.3 is 0 Å². The number of hydrogen-bond acceptors (Lipinski definition) is 4. The first-order valence-electron chi connectivity index (χ1n) is 15.4. The van der Waals surface area contributed by atoms with Crippen molar-refractivity contribution in [3.63, 3.8) is 0 Å². The van der Waals surface area contributed by atoms with E-state index in [1.165, 1.54) is 37.1 Å². The highest BCUT2D eigenvalue weighted by molar-refractivity contribution is 5.94. The van der Waals surface area contributed by atoms with Crippen LogP contribution >= 0.6 is 0 Å². The third-order valence-corrected chi connectivity index (χ3v) is 8.88. The molecular formula is C34H49N3O3. The van der Waals surface area contributed by atoms with Crippen molar-refractivity contribution < 1.29 is 14.3 Å². The number of hydrogen-bond donors (Lipinski definition) is 0. The maximum absolute atomic E-state index is 13.4. The van der Waals surface area contributed by atoms with E-state index in [1.54, 1.807) is 0 Å². The van der Waals surface area contributed by atoms with Gasteiger partial charge in [-0.25, -0.2) is 0 Å². The van der Waals surface area contributed by atoms with Crippen molar-refractivity contribution >= 4 is 17.5 Å². The second-order valence-corrected chi connectivity index (χ2v) is 12.0. The molecule has 1 heterocycles. The fraction of sp³-hybridized carbons (Fsp3) is 0.588. The van der Waals surface area contributed by atoms with Crippen LogP contribution < -0.4 is 9.64 Å². The summed E-state index contributed by atoms with van der Waals surface area (Å²) in [6.45, 7) is 13.3. The zero-order valence-electron chi connectivity index (χ0n) is 25.3. The van der Waals surface area contributed by atoms with Gasteiger partial charge in [-0.05, 0) is 113 Å². The SMILES string of the molecule is CCN(CC)C(=O)Cc1cccc(OC2CCC(C(=O)N(C)c3ccc(CN4CCC[C@@H](C)C4)c(C)c3)CC2)c1. The molecule has 6 nitrogen and oxygen atoms in total. The van der Waals surface area contributed by atoms with Crippen molar-refractivity contribution in [3.05, 3.63) is 59.2 Å². The zero-order valence-corrected chi connectivity index (χ0v) is 25.3. The molecule has 218 valence electrons. The summed E-state index contributed by atoms with van der Waals surface area (Å²) in [5.74, 6) is 1.96. The maximum atomic E-state index is 13.4. The van der Waals surface area contributed by atoms with Gasteiger partial charge in [-0.1, -0.05) is 25.1 Å². The molecule has 0 radical (unpaired) electrons. The van der Waals surface area contributed by atoms with E-state index >= 15 is 0 Å². The number of piperidine rings is 1. The van der Waals surface area contributed by atoms with Gasteiger partial charge in [-0.3, -0.25) is 14.5 Å². The Labute approximate surface area is 241 Å². The van der Waals surface area contributed by atoms with Crippen LogP contribution in [-0.2, 0) is 22.6 Å². The van der Waals surface area contributed by atoms with Gasteiger partial charge in [0.05, 0.1) is 12.5 Å². The number of anilines is 1. The van der Waals surface area contributed by atoms with Crippen LogP contribution in [0.1, 0.15) is 76.0 Å². The van der Waals surface area contributed by atoms with Gasteiger partial charge in [-0.2, -0.15) is 0 Å². The van der Waals surface area contributed by atoms with Crippen LogP contribution in [0.5, 0.6) is 5.75 Å². The molecule has 2 fully saturated rings. The molecule has 2 aromatic carbocycles. The smallest absolute Gasteiger partial charge is 0.229 e. The second kappa shape index (κ2) is 14.2. The summed E-state index contributed by atoms with van der Waals surface area (Å²) in [6, 6.07) is 14.4. The number of carbonyl (C=O) groups excluding carboxylic acids is 2. The number of rotatable bonds is 10. The molecule has 0 unspecified atom stereocenters. The van der Waals surface area contributed by atoms with E-state index in [-0.39, 0.29) is 23.8 Å². The van der Waals surface area contributed by atoms with Crippen LogP contribution in [0.3, 0.4) is 0 Å². The molecule has 1 aliphatic carbocycles. The minimum absolute atomic E-state index is 0.0256. The monoisotopic (exact) mass is 547 g/mol. The number of nitrogens with zero attached hydrogens (tertiary/aromatic N) is 3. The Kier molecular flexibility index (Phi) is 10.7. The fourth-order valence-corrected chi connectivity index (χ4v) is 6.35. The van der Waals surface area contributed by atoms with Crippen molar-refractivity contribution in [2.45, 2.75) is 85.3 Å². The molecular weight excluding hydrogens is 498 g/mol. The number of aryl methyl sites for hydroxylation is 1. The van der Waals surface area contributed by atoms with Crippen molar-refractivity contribution in [2.75, 3.05) is 38.1 Å². The Balaban J connectivity index is 1.27. The molecule has 0 spiro atoms. The average molecular weight is 548 g/mol. The molecule has 2 amide bonds. The summed E-state index contributed by atoms with van der Waals surface area (Å²) in [7, 11) is 1.91. The minimum Gasteiger partial charge on any atom is -0.490 e. The average Bonchev–Trinajstić information content (AvgIpc) is 2.95. The largest absolute Gasteiger partial charge is 0.490 e. The Hall–Kier alpha value is -2.86. The molecule has 1 saturated heterocycles. The van der Waals surface area contributed by atoms with Crippen molar-refractivity contribution in [2.24, 2.45) is 11.8 Å². The number of benzene rings is 2. The Morgan fingerprint density at radius 3 is 2.42 bits per heavy atom. The summed E-state index contributed by atoms with van der Waals surface area (Å²) in [6.07, 6.45) is 6.50. The van der Waals surface area contributed by atoms with E-state index in [9.17, 15) is 9.59 Å². The number of amides is 2. The highest BCUT2D eigenvalue weighted by Gasteiger charge is 2.30. The first-order valence-corrected chi connectivity index (χ1v) is 15.4. The predicted octanol–water partition coefficient (Wildman–Crippen LogP) is 6.24. The maximum Gasteiger partial charge on any atom is 0.229 e. The molecule has 1 aliphatic heterocycles. The van der Waals surface area contributed by atoms with Crippen LogP contribution in [-0.4, -0.2) is 60.9 Å². The lowest BCUT2D eigenvalue weighted by Crippen LogP contribution is -2.37. The molecule has 1 saturated carbocycles. The van der Waals surface area contributed by atoms with Crippen LogP contribution in [0.15, 0.2) is 42.5 Å². The Bertz CT molecular complexity index is 1140. The van der Waals surface area contributed by atoms with Crippen molar-refractivity contribution in [1.29, 1.82) is 0 Å². The lowest BCUT2D eigenvalue weighted by molar-refractivity contribution is -0.130. The number of carbonyl (C=O) groups is 2. The highest BCUT2D eigenvalue weighted by atomic mass is 16.5. The zero-order chi connectivity index (χ0) is 28.6. The van der Waals surface area contributed by atoms with E-state index < -0.39 is 0 Å². The number of ether oxygens (including phenoxy) is 1. The third-order valence-electron chi connectivity index (χ3n) is 8.88. The number of likely N-dealkylation sites (tertiary alicyclic amines) is 1. The number of likely N-dealkylation sites (N-methyl/N-ethyl adjacent to an activating group) is 1. The van der Waals surface area contributed by atoms with Gasteiger partial charge in [0.2, 0.25) is 11.8 Å². The van der Waals surface area contributed by atoms with Crippen LogP contribution in [0.25, 0.3) is 0 Å². The second-order valence-electron chi connectivity index (χ2n) is 12.0.